The first-order valence-corrected chi connectivity index (χ1v) is 10.6. The number of halogens is 1. The van der Waals surface area contributed by atoms with Crippen molar-refractivity contribution in [2.75, 3.05) is 42.9 Å². The molecule has 1 aliphatic carbocycles. The Morgan fingerprint density at radius 3 is 2.68 bits per heavy atom. The van der Waals surface area contributed by atoms with Crippen LogP contribution in [0.5, 0.6) is 0 Å². The number of carbonyl (C=O) groups excluding carboxylic acids is 1. The standard InChI is InChI=1S/C21H28ClN5O/c22-17-4-3-7-19(16-17)26-14-12-25(13-15-26)11-9-21(28)24-20-8-10-23-27(20)18-5-1-2-6-18/h3-4,7-8,10,16,18H,1-2,5-6,9,11-15H2,(H,24,28). The van der Waals surface area contributed by atoms with E-state index in [0.717, 1.165) is 56.4 Å². The van der Waals surface area contributed by atoms with Crippen LogP contribution in [-0.2, 0) is 4.79 Å². The second kappa shape index (κ2) is 8.97. The number of nitrogens with one attached hydrogen (secondary N) is 1. The summed E-state index contributed by atoms with van der Waals surface area (Å²) in [5.74, 6) is 0.902. The minimum Gasteiger partial charge on any atom is -0.369 e. The fraction of sp³-hybridized carbons (Fsp3) is 0.524. The highest BCUT2D eigenvalue weighted by atomic mass is 35.5. The lowest BCUT2D eigenvalue weighted by atomic mass is 10.2. The minimum absolute atomic E-state index is 0.0667. The molecule has 0 unspecified atom stereocenters. The summed E-state index contributed by atoms with van der Waals surface area (Å²) in [5, 5.41) is 8.25. The van der Waals surface area contributed by atoms with Crippen molar-refractivity contribution < 1.29 is 4.79 Å². The maximum absolute atomic E-state index is 12.4. The zero-order chi connectivity index (χ0) is 19.3. The van der Waals surface area contributed by atoms with Gasteiger partial charge in [-0.1, -0.05) is 30.5 Å². The van der Waals surface area contributed by atoms with E-state index in [9.17, 15) is 4.79 Å². The van der Waals surface area contributed by atoms with Crippen LogP contribution in [0.4, 0.5) is 11.5 Å². The van der Waals surface area contributed by atoms with Crippen molar-refractivity contribution in [1.82, 2.24) is 14.7 Å². The molecule has 4 rings (SSSR count). The quantitative estimate of drug-likeness (QED) is 0.799. The van der Waals surface area contributed by atoms with E-state index in [2.05, 4.69) is 26.3 Å². The Morgan fingerprint density at radius 1 is 1.14 bits per heavy atom. The van der Waals surface area contributed by atoms with Crippen LogP contribution in [0, 0.1) is 0 Å². The molecule has 0 radical (unpaired) electrons. The van der Waals surface area contributed by atoms with Crippen molar-refractivity contribution in [3.8, 4) is 0 Å². The molecule has 1 aliphatic heterocycles. The van der Waals surface area contributed by atoms with E-state index in [-0.39, 0.29) is 5.91 Å². The van der Waals surface area contributed by atoms with E-state index in [1.807, 2.05) is 28.9 Å². The number of hydrogen-bond donors (Lipinski definition) is 1. The average molecular weight is 402 g/mol. The van der Waals surface area contributed by atoms with Crippen molar-refractivity contribution in [3.63, 3.8) is 0 Å². The number of anilines is 2. The van der Waals surface area contributed by atoms with Gasteiger partial charge in [0, 0.05) is 55.9 Å². The van der Waals surface area contributed by atoms with Gasteiger partial charge >= 0.3 is 0 Å². The monoisotopic (exact) mass is 401 g/mol. The lowest BCUT2D eigenvalue weighted by Crippen LogP contribution is -2.47. The molecule has 28 heavy (non-hydrogen) atoms. The molecule has 1 aromatic heterocycles. The number of piperazine rings is 1. The van der Waals surface area contributed by atoms with Gasteiger partial charge in [0.2, 0.25) is 5.91 Å². The molecule has 1 amide bonds. The molecule has 1 saturated heterocycles. The molecule has 2 aromatic rings. The van der Waals surface area contributed by atoms with Crippen LogP contribution >= 0.6 is 11.6 Å². The van der Waals surface area contributed by atoms with Crippen LogP contribution in [0.1, 0.15) is 38.1 Å². The fourth-order valence-electron chi connectivity index (χ4n) is 4.22. The van der Waals surface area contributed by atoms with Crippen molar-refractivity contribution in [3.05, 3.63) is 41.6 Å². The number of carbonyl (C=O) groups is 1. The second-order valence-electron chi connectivity index (χ2n) is 7.71. The van der Waals surface area contributed by atoms with Gasteiger partial charge in [-0.25, -0.2) is 4.68 Å². The first-order chi connectivity index (χ1) is 13.7. The van der Waals surface area contributed by atoms with Gasteiger partial charge in [-0.15, -0.1) is 0 Å². The van der Waals surface area contributed by atoms with Crippen molar-refractivity contribution >= 4 is 29.0 Å². The highest BCUT2D eigenvalue weighted by molar-refractivity contribution is 6.30. The third-order valence-corrected chi connectivity index (χ3v) is 6.04. The Labute approximate surface area is 171 Å². The minimum atomic E-state index is 0.0667. The van der Waals surface area contributed by atoms with E-state index in [1.54, 1.807) is 6.20 Å². The number of aromatic nitrogens is 2. The van der Waals surface area contributed by atoms with Crippen molar-refractivity contribution in [2.24, 2.45) is 0 Å². The Balaban J connectivity index is 1.22. The summed E-state index contributed by atoms with van der Waals surface area (Å²) in [4.78, 5) is 17.1. The maximum atomic E-state index is 12.4. The predicted octanol–water partition coefficient (Wildman–Crippen LogP) is 3.80. The summed E-state index contributed by atoms with van der Waals surface area (Å²) in [6, 6.07) is 10.3. The van der Waals surface area contributed by atoms with Crippen molar-refractivity contribution in [1.29, 1.82) is 0 Å². The molecule has 6 nitrogen and oxygen atoms in total. The van der Waals surface area contributed by atoms with E-state index in [1.165, 1.54) is 18.5 Å². The Kier molecular flexibility index (Phi) is 6.17. The largest absolute Gasteiger partial charge is 0.369 e. The van der Waals surface area contributed by atoms with Gasteiger partial charge in [0.05, 0.1) is 12.2 Å². The van der Waals surface area contributed by atoms with Gasteiger partial charge in [0.1, 0.15) is 5.82 Å². The maximum Gasteiger partial charge on any atom is 0.226 e. The SMILES string of the molecule is O=C(CCN1CCN(c2cccc(Cl)c2)CC1)Nc1ccnn1C1CCCC1. The number of hydrogen-bond acceptors (Lipinski definition) is 4. The van der Waals surface area contributed by atoms with E-state index in [4.69, 9.17) is 11.6 Å². The molecule has 2 heterocycles. The average Bonchev–Trinajstić information content (AvgIpc) is 3.38. The van der Waals surface area contributed by atoms with Crippen LogP contribution in [-0.4, -0.2) is 53.3 Å². The summed E-state index contributed by atoms with van der Waals surface area (Å²) >= 11 is 6.10. The Bertz CT molecular complexity index is 794. The number of nitrogens with zero attached hydrogens (tertiary/aromatic N) is 4. The summed E-state index contributed by atoms with van der Waals surface area (Å²) < 4.78 is 1.99. The highest BCUT2D eigenvalue weighted by Crippen LogP contribution is 2.31. The summed E-state index contributed by atoms with van der Waals surface area (Å²) in [6.45, 7) is 4.61. The van der Waals surface area contributed by atoms with Gasteiger partial charge < -0.3 is 10.2 Å². The molecular weight excluding hydrogens is 374 g/mol. The molecule has 1 aromatic carbocycles. The molecular formula is C21H28ClN5O. The number of benzene rings is 1. The zero-order valence-corrected chi connectivity index (χ0v) is 16.9. The van der Waals surface area contributed by atoms with Crippen LogP contribution in [0.2, 0.25) is 5.02 Å². The molecule has 7 heteroatoms. The van der Waals surface area contributed by atoms with Gasteiger partial charge in [-0.05, 0) is 31.0 Å². The summed E-state index contributed by atoms with van der Waals surface area (Å²) in [6.07, 6.45) is 7.09. The van der Waals surface area contributed by atoms with E-state index < -0.39 is 0 Å². The summed E-state index contributed by atoms with van der Waals surface area (Å²) in [7, 11) is 0. The van der Waals surface area contributed by atoms with Gasteiger partial charge in [0.15, 0.2) is 0 Å². The topological polar surface area (TPSA) is 53.4 Å². The summed E-state index contributed by atoms with van der Waals surface area (Å²) in [5.41, 5.74) is 1.17. The first-order valence-electron chi connectivity index (χ1n) is 10.3. The van der Waals surface area contributed by atoms with Gasteiger partial charge in [0.25, 0.3) is 0 Å². The molecule has 0 spiro atoms. The van der Waals surface area contributed by atoms with Crippen molar-refractivity contribution in [2.45, 2.75) is 38.1 Å². The highest BCUT2D eigenvalue weighted by Gasteiger charge is 2.21. The fourth-order valence-corrected chi connectivity index (χ4v) is 4.41. The smallest absolute Gasteiger partial charge is 0.226 e. The molecule has 1 N–H and O–H groups in total. The lowest BCUT2D eigenvalue weighted by Gasteiger charge is -2.36. The predicted molar refractivity (Wildman–Crippen MR) is 113 cm³/mol. The Hall–Kier alpha value is -2.05. The van der Waals surface area contributed by atoms with Crippen LogP contribution in [0.3, 0.4) is 0 Å². The number of rotatable bonds is 6. The normalized spacial score (nSPS) is 18.5. The van der Waals surface area contributed by atoms with Crippen LogP contribution in [0.25, 0.3) is 0 Å². The van der Waals surface area contributed by atoms with Crippen LogP contribution in [0.15, 0.2) is 36.5 Å². The van der Waals surface area contributed by atoms with Gasteiger partial charge in [-0.2, -0.15) is 5.10 Å². The third kappa shape index (κ3) is 4.67. The van der Waals surface area contributed by atoms with E-state index >= 15 is 0 Å². The number of amides is 1. The first kappa shape index (κ1) is 19.3. The molecule has 150 valence electrons. The molecule has 2 aliphatic rings. The van der Waals surface area contributed by atoms with Crippen LogP contribution < -0.4 is 10.2 Å². The molecule has 0 atom stereocenters. The zero-order valence-electron chi connectivity index (χ0n) is 16.2. The van der Waals surface area contributed by atoms with Gasteiger partial charge in [-0.3, -0.25) is 9.69 Å². The third-order valence-electron chi connectivity index (χ3n) is 5.81. The molecule has 2 fully saturated rings. The molecule has 1 saturated carbocycles. The molecule has 0 bridgehead atoms. The second-order valence-corrected chi connectivity index (χ2v) is 8.14. The lowest BCUT2D eigenvalue weighted by molar-refractivity contribution is -0.116. The Morgan fingerprint density at radius 2 is 1.93 bits per heavy atom. The van der Waals surface area contributed by atoms with E-state index in [0.29, 0.717) is 12.5 Å².